The molecule has 0 bridgehead atoms. The molecule has 5 rings (SSSR count). The van der Waals surface area contributed by atoms with Gasteiger partial charge in [0, 0.05) is 12.1 Å². The largest absolute Gasteiger partial charge is 0.459 e. The second-order valence-corrected chi connectivity index (χ2v) is 9.69. The minimum atomic E-state index is -1.63. The number of nitro benzene ring substituents is 1. The van der Waals surface area contributed by atoms with E-state index in [4.69, 9.17) is 23.7 Å². The number of rotatable bonds is 10. The van der Waals surface area contributed by atoms with Crippen LogP contribution in [0.1, 0.15) is 41.4 Å². The summed E-state index contributed by atoms with van der Waals surface area (Å²) >= 11 is 0. The van der Waals surface area contributed by atoms with Gasteiger partial charge in [0.15, 0.2) is 6.10 Å². The van der Waals surface area contributed by atoms with Crippen molar-refractivity contribution < 1.29 is 47.8 Å². The molecule has 1 aliphatic heterocycles. The second kappa shape index (κ2) is 14.1. The zero-order valence-electron chi connectivity index (χ0n) is 23.4. The second-order valence-electron chi connectivity index (χ2n) is 9.69. The van der Waals surface area contributed by atoms with Crippen LogP contribution in [0, 0.1) is 10.1 Å². The SMILES string of the molecule is O=C(OCC1OC(OC(=O)c2ccc([N+](=O)[O-])cc2)C(OC(=O)c2ccccc2)C1OC(=O)c1ccccc1)c1ccccc1. The van der Waals surface area contributed by atoms with Crippen molar-refractivity contribution in [2.75, 3.05) is 6.61 Å². The molecular weight excluding hydrogens is 586 g/mol. The molecule has 4 aromatic rings. The van der Waals surface area contributed by atoms with Crippen molar-refractivity contribution in [2.45, 2.75) is 24.6 Å². The van der Waals surface area contributed by atoms with Crippen molar-refractivity contribution in [3.8, 4) is 0 Å². The van der Waals surface area contributed by atoms with Crippen molar-refractivity contribution >= 4 is 29.6 Å². The summed E-state index contributed by atoms with van der Waals surface area (Å²) in [4.78, 5) is 62.5. The van der Waals surface area contributed by atoms with E-state index in [1.807, 2.05) is 0 Å². The van der Waals surface area contributed by atoms with Gasteiger partial charge in [0.25, 0.3) is 5.69 Å². The topological polar surface area (TPSA) is 158 Å². The maximum absolute atomic E-state index is 13.2. The van der Waals surface area contributed by atoms with Crippen molar-refractivity contribution in [3.05, 3.63) is 148 Å². The number of non-ortho nitro benzene ring substituents is 1. The summed E-state index contributed by atoms with van der Waals surface area (Å²) in [6.45, 7) is -0.467. The number of carbonyl (C=O) groups excluding carboxylic acids is 4. The Morgan fingerprint density at radius 2 is 1.00 bits per heavy atom. The van der Waals surface area contributed by atoms with Crippen LogP contribution in [0.5, 0.6) is 0 Å². The summed E-state index contributed by atoms with van der Waals surface area (Å²) in [6, 6.07) is 28.7. The number of hydrogen-bond acceptors (Lipinski definition) is 11. The maximum Gasteiger partial charge on any atom is 0.340 e. The molecule has 12 heteroatoms. The first kappa shape index (κ1) is 30.6. The Morgan fingerprint density at radius 1 is 0.578 bits per heavy atom. The summed E-state index contributed by atoms with van der Waals surface area (Å²) in [5, 5.41) is 11.0. The van der Waals surface area contributed by atoms with Gasteiger partial charge < -0.3 is 23.7 Å². The van der Waals surface area contributed by atoms with Crippen molar-refractivity contribution in [1.29, 1.82) is 0 Å². The van der Waals surface area contributed by atoms with Crippen LogP contribution in [0.2, 0.25) is 0 Å². The Labute approximate surface area is 256 Å². The molecule has 12 nitrogen and oxygen atoms in total. The van der Waals surface area contributed by atoms with E-state index < -0.39 is 60.0 Å². The van der Waals surface area contributed by atoms with Crippen LogP contribution >= 0.6 is 0 Å². The minimum Gasteiger partial charge on any atom is -0.459 e. The van der Waals surface area contributed by atoms with Gasteiger partial charge in [-0.05, 0) is 48.5 Å². The lowest BCUT2D eigenvalue weighted by Gasteiger charge is -2.24. The van der Waals surface area contributed by atoms with Crippen LogP contribution < -0.4 is 0 Å². The fourth-order valence-electron chi connectivity index (χ4n) is 4.43. The Hall–Kier alpha value is -5.88. The molecule has 1 saturated heterocycles. The van der Waals surface area contributed by atoms with Gasteiger partial charge in [-0.1, -0.05) is 54.6 Å². The molecule has 45 heavy (non-hydrogen) atoms. The Morgan fingerprint density at radius 3 is 1.49 bits per heavy atom. The molecule has 0 saturated carbocycles. The molecule has 0 aliphatic carbocycles. The standard InChI is InChI=1S/C33H25NO11/c35-29(21-10-4-1-5-11-21)41-20-26-27(43-30(36)22-12-6-2-7-13-22)28(44-31(37)23-14-8-3-9-15-23)33(42-26)45-32(38)24-16-18-25(19-17-24)34(39)40/h1-19,26-28,33H,20H2. The van der Waals surface area contributed by atoms with E-state index in [0.717, 1.165) is 12.1 Å². The monoisotopic (exact) mass is 611 g/mol. The third-order valence-electron chi connectivity index (χ3n) is 6.70. The molecule has 1 aliphatic rings. The van der Waals surface area contributed by atoms with Crippen molar-refractivity contribution in [2.24, 2.45) is 0 Å². The number of ether oxygens (including phenoxy) is 5. The van der Waals surface area contributed by atoms with Gasteiger partial charge in [0.1, 0.15) is 12.7 Å². The van der Waals surface area contributed by atoms with Gasteiger partial charge in [-0.25, -0.2) is 19.2 Å². The predicted molar refractivity (Wildman–Crippen MR) is 155 cm³/mol. The van der Waals surface area contributed by atoms with Gasteiger partial charge in [-0.3, -0.25) is 10.1 Å². The Kier molecular flexibility index (Phi) is 9.55. The van der Waals surface area contributed by atoms with Gasteiger partial charge in [-0.2, -0.15) is 0 Å². The molecule has 4 aromatic carbocycles. The zero-order valence-corrected chi connectivity index (χ0v) is 23.4. The van der Waals surface area contributed by atoms with Gasteiger partial charge >= 0.3 is 23.9 Å². The summed E-state index contributed by atoms with van der Waals surface area (Å²) in [5.74, 6) is -3.29. The number of hydrogen-bond donors (Lipinski definition) is 0. The first-order valence-corrected chi connectivity index (χ1v) is 13.7. The van der Waals surface area contributed by atoms with Crippen LogP contribution in [0.15, 0.2) is 115 Å². The zero-order chi connectivity index (χ0) is 31.8. The fraction of sp³-hybridized carbons (Fsp3) is 0.152. The number of esters is 4. The number of nitro groups is 1. The number of carbonyl (C=O) groups is 4. The van der Waals surface area contributed by atoms with E-state index in [1.165, 1.54) is 36.4 Å². The maximum atomic E-state index is 13.2. The molecule has 228 valence electrons. The predicted octanol–water partition coefficient (Wildman–Crippen LogP) is 4.78. The van der Waals surface area contributed by atoms with E-state index in [1.54, 1.807) is 66.7 Å². The van der Waals surface area contributed by atoms with Crippen molar-refractivity contribution in [1.82, 2.24) is 0 Å². The highest BCUT2D eigenvalue weighted by Gasteiger charge is 2.52. The molecule has 0 N–H and O–H groups in total. The van der Waals surface area contributed by atoms with Gasteiger partial charge in [0.2, 0.25) is 12.4 Å². The normalized spacial score (nSPS) is 18.8. The molecular formula is C33H25NO11. The van der Waals surface area contributed by atoms with E-state index in [-0.39, 0.29) is 27.9 Å². The van der Waals surface area contributed by atoms with Gasteiger partial charge in [0.05, 0.1) is 27.2 Å². The first-order valence-electron chi connectivity index (χ1n) is 13.7. The number of nitrogens with zero attached hydrogens (tertiary/aromatic N) is 1. The molecule has 4 unspecified atom stereocenters. The average molecular weight is 612 g/mol. The lowest BCUT2D eigenvalue weighted by atomic mass is 10.1. The lowest BCUT2D eigenvalue weighted by molar-refractivity contribution is -0.384. The Bertz CT molecular complexity index is 1660. The van der Waals surface area contributed by atoms with Crippen LogP contribution in [0.4, 0.5) is 5.69 Å². The van der Waals surface area contributed by atoms with Crippen molar-refractivity contribution in [3.63, 3.8) is 0 Å². The highest BCUT2D eigenvalue weighted by atomic mass is 16.8. The molecule has 0 aromatic heterocycles. The third-order valence-corrected chi connectivity index (χ3v) is 6.70. The van der Waals surface area contributed by atoms with E-state index >= 15 is 0 Å². The Balaban J connectivity index is 1.44. The smallest absolute Gasteiger partial charge is 0.340 e. The van der Waals surface area contributed by atoms with E-state index in [9.17, 15) is 29.3 Å². The van der Waals surface area contributed by atoms with E-state index in [2.05, 4.69) is 0 Å². The average Bonchev–Trinajstić information content (AvgIpc) is 3.39. The van der Waals surface area contributed by atoms with Crippen LogP contribution in [0.25, 0.3) is 0 Å². The van der Waals surface area contributed by atoms with Crippen LogP contribution in [0.3, 0.4) is 0 Å². The molecule has 1 fully saturated rings. The van der Waals surface area contributed by atoms with Crippen LogP contribution in [-0.2, 0) is 23.7 Å². The summed E-state index contributed by atoms with van der Waals surface area (Å²) in [5.41, 5.74) is 0.282. The lowest BCUT2D eigenvalue weighted by Crippen LogP contribution is -2.42. The third kappa shape index (κ3) is 7.56. The molecule has 4 atom stereocenters. The highest BCUT2D eigenvalue weighted by molar-refractivity contribution is 5.91. The molecule has 0 spiro atoms. The minimum absolute atomic E-state index is 0.0610. The summed E-state index contributed by atoms with van der Waals surface area (Å²) in [6.07, 6.45) is -5.78. The highest BCUT2D eigenvalue weighted by Crippen LogP contribution is 2.31. The number of benzene rings is 4. The summed E-state index contributed by atoms with van der Waals surface area (Å²) in [7, 11) is 0. The first-order chi connectivity index (χ1) is 21.8. The fourth-order valence-corrected chi connectivity index (χ4v) is 4.43. The quantitative estimate of drug-likeness (QED) is 0.105. The van der Waals surface area contributed by atoms with Crippen LogP contribution in [-0.4, -0.2) is 60.0 Å². The van der Waals surface area contributed by atoms with Gasteiger partial charge in [-0.15, -0.1) is 0 Å². The molecule has 0 radical (unpaired) electrons. The summed E-state index contributed by atoms with van der Waals surface area (Å²) < 4.78 is 28.4. The van der Waals surface area contributed by atoms with E-state index in [0.29, 0.717) is 0 Å². The molecule has 1 heterocycles. The molecule has 0 amide bonds.